The topological polar surface area (TPSA) is 51.2 Å². The van der Waals surface area contributed by atoms with Crippen LogP contribution in [0.5, 0.6) is 0 Å². The van der Waals surface area contributed by atoms with Gasteiger partial charge in [0.25, 0.3) is 0 Å². The highest BCUT2D eigenvalue weighted by Crippen LogP contribution is 2.14. The quantitative estimate of drug-likeness (QED) is 0.316. The molecule has 0 radical (unpaired) electrons. The number of aliphatic imine (C=N–C) groups is 1. The second-order valence-electron chi connectivity index (χ2n) is 6.57. The smallest absolute Gasteiger partial charge is 0.239 e. The van der Waals surface area contributed by atoms with Gasteiger partial charge in [-0.25, -0.2) is 0 Å². The molecule has 0 aliphatic carbocycles. The van der Waals surface area contributed by atoms with Gasteiger partial charge in [-0.05, 0) is 19.8 Å². The molecule has 0 aromatic carbocycles. The van der Waals surface area contributed by atoms with Crippen LogP contribution in [0.15, 0.2) is 17.6 Å². The van der Waals surface area contributed by atoms with Crippen LogP contribution < -0.4 is 5.32 Å². The number of carbonyl (C=O) groups is 1. The van der Waals surface area contributed by atoms with Crippen LogP contribution in [0.3, 0.4) is 0 Å². The molecule has 6 nitrogen and oxygen atoms in total. The molecule has 142 valence electrons. The Hall–Kier alpha value is -1.21. The van der Waals surface area contributed by atoms with Crippen LogP contribution in [0.4, 0.5) is 0 Å². The molecule has 2 aliphatic rings. The molecule has 2 aliphatic heterocycles. The zero-order valence-corrected chi connectivity index (χ0v) is 16.6. The van der Waals surface area contributed by atoms with Gasteiger partial charge in [0.05, 0.1) is 6.04 Å². The summed E-state index contributed by atoms with van der Waals surface area (Å²) in [7, 11) is 1.84. The van der Waals surface area contributed by atoms with Crippen molar-refractivity contribution < 1.29 is 4.79 Å². The lowest BCUT2D eigenvalue weighted by Crippen LogP contribution is -2.57. The van der Waals surface area contributed by atoms with Crippen LogP contribution in [0.2, 0.25) is 0 Å². The maximum Gasteiger partial charge on any atom is 0.239 e. The number of hydrogen-bond donors (Lipinski definition) is 1. The van der Waals surface area contributed by atoms with E-state index in [2.05, 4.69) is 33.6 Å². The molecule has 1 atom stereocenters. The maximum atomic E-state index is 12.6. The molecule has 0 spiro atoms. The van der Waals surface area contributed by atoms with Gasteiger partial charge in [-0.2, -0.15) is 11.8 Å². The number of thioether (sulfide) groups is 1. The second-order valence-corrected chi connectivity index (χ2v) is 7.72. The minimum atomic E-state index is -0.00877. The standard InChI is InChI=1S/C18H33N5OS/c1-4-14-25-15-7-20-18(19-3)23-12-10-21(11-13-23)16(2)17(24)22-8-5-6-9-22/h4,16H,1,5-15H2,2-3H3,(H,19,20). The third kappa shape index (κ3) is 5.92. The molecule has 7 heteroatoms. The van der Waals surface area contributed by atoms with E-state index in [1.54, 1.807) is 0 Å². The SMILES string of the molecule is C=CCSCCNC(=NC)N1CCN(C(C)C(=O)N2CCCC2)CC1. The van der Waals surface area contributed by atoms with Crippen molar-refractivity contribution in [1.29, 1.82) is 0 Å². The molecule has 1 N–H and O–H groups in total. The van der Waals surface area contributed by atoms with Crippen molar-refractivity contribution in [1.82, 2.24) is 20.0 Å². The third-order valence-electron chi connectivity index (χ3n) is 4.91. The highest BCUT2D eigenvalue weighted by molar-refractivity contribution is 7.99. The molecule has 25 heavy (non-hydrogen) atoms. The lowest BCUT2D eigenvalue weighted by Gasteiger charge is -2.39. The highest BCUT2D eigenvalue weighted by Gasteiger charge is 2.30. The number of piperazine rings is 1. The Morgan fingerprint density at radius 2 is 1.88 bits per heavy atom. The Kier molecular flexibility index (Phi) is 8.61. The van der Waals surface area contributed by atoms with Crippen molar-refractivity contribution in [3.8, 4) is 0 Å². The van der Waals surface area contributed by atoms with Crippen LogP contribution in [0, 0.1) is 0 Å². The first kappa shape index (κ1) is 20.1. The zero-order chi connectivity index (χ0) is 18.1. The molecule has 2 fully saturated rings. The van der Waals surface area contributed by atoms with Gasteiger partial charge >= 0.3 is 0 Å². The summed E-state index contributed by atoms with van der Waals surface area (Å²) in [5.41, 5.74) is 0. The zero-order valence-electron chi connectivity index (χ0n) is 15.7. The summed E-state index contributed by atoms with van der Waals surface area (Å²) in [4.78, 5) is 23.6. The number of nitrogens with one attached hydrogen (secondary N) is 1. The largest absolute Gasteiger partial charge is 0.355 e. The summed E-state index contributed by atoms with van der Waals surface area (Å²) in [6.07, 6.45) is 4.24. The lowest BCUT2D eigenvalue weighted by molar-refractivity contribution is -0.135. The maximum absolute atomic E-state index is 12.6. The third-order valence-corrected chi connectivity index (χ3v) is 5.88. The number of likely N-dealkylation sites (tertiary alicyclic amines) is 1. The van der Waals surface area contributed by atoms with E-state index in [4.69, 9.17) is 0 Å². The van der Waals surface area contributed by atoms with Gasteiger partial charge in [0.2, 0.25) is 5.91 Å². The Balaban J connectivity index is 1.73. The Bertz CT molecular complexity index is 456. The van der Waals surface area contributed by atoms with Crippen molar-refractivity contribution in [3.05, 3.63) is 12.7 Å². The molecule has 2 heterocycles. The highest BCUT2D eigenvalue weighted by atomic mass is 32.2. The summed E-state index contributed by atoms with van der Waals surface area (Å²) < 4.78 is 0. The molecule has 0 bridgehead atoms. The van der Waals surface area contributed by atoms with Crippen LogP contribution >= 0.6 is 11.8 Å². The van der Waals surface area contributed by atoms with E-state index in [1.807, 2.05) is 29.8 Å². The van der Waals surface area contributed by atoms with Gasteiger partial charge in [0, 0.05) is 64.4 Å². The number of rotatable bonds is 7. The molecule has 0 saturated carbocycles. The van der Waals surface area contributed by atoms with Crippen molar-refractivity contribution >= 4 is 23.6 Å². The summed E-state index contributed by atoms with van der Waals surface area (Å²) in [6.45, 7) is 12.2. The predicted octanol–water partition coefficient (Wildman–Crippen LogP) is 1.11. The average Bonchev–Trinajstić information content (AvgIpc) is 3.18. The molecule has 1 unspecified atom stereocenters. The minimum absolute atomic E-state index is 0.00877. The number of guanidine groups is 1. The van der Waals surface area contributed by atoms with E-state index < -0.39 is 0 Å². The molecule has 1 amide bonds. The van der Waals surface area contributed by atoms with Crippen molar-refractivity contribution in [2.24, 2.45) is 4.99 Å². The molecular formula is C18H33N5OS. The van der Waals surface area contributed by atoms with Gasteiger partial charge in [0.15, 0.2) is 5.96 Å². The van der Waals surface area contributed by atoms with Crippen molar-refractivity contribution in [2.45, 2.75) is 25.8 Å². The Morgan fingerprint density at radius 3 is 2.48 bits per heavy atom. The van der Waals surface area contributed by atoms with Gasteiger partial charge in [-0.1, -0.05) is 6.08 Å². The van der Waals surface area contributed by atoms with E-state index in [0.717, 1.165) is 76.1 Å². The summed E-state index contributed by atoms with van der Waals surface area (Å²) >= 11 is 1.87. The van der Waals surface area contributed by atoms with Crippen LogP contribution in [0.25, 0.3) is 0 Å². The minimum Gasteiger partial charge on any atom is -0.355 e. The normalized spacial score (nSPS) is 20.6. The lowest BCUT2D eigenvalue weighted by atomic mass is 10.2. The van der Waals surface area contributed by atoms with E-state index in [9.17, 15) is 4.79 Å². The van der Waals surface area contributed by atoms with Crippen LogP contribution in [-0.2, 0) is 4.79 Å². The first-order chi connectivity index (χ1) is 12.2. The van der Waals surface area contributed by atoms with Crippen molar-refractivity contribution in [2.75, 3.05) is 64.4 Å². The Labute approximate surface area is 156 Å². The van der Waals surface area contributed by atoms with Gasteiger partial charge < -0.3 is 15.1 Å². The van der Waals surface area contributed by atoms with Crippen LogP contribution in [-0.4, -0.2) is 97.0 Å². The van der Waals surface area contributed by atoms with Crippen LogP contribution in [0.1, 0.15) is 19.8 Å². The van der Waals surface area contributed by atoms with E-state index in [1.165, 1.54) is 0 Å². The molecule has 0 aromatic rings. The monoisotopic (exact) mass is 367 g/mol. The number of hydrogen-bond acceptors (Lipinski definition) is 4. The van der Waals surface area contributed by atoms with Gasteiger partial charge in [-0.3, -0.25) is 14.7 Å². The fourth-order valence-electron chi connectivity index (χ4n) is 3.41. The second kappa shape index (κ2) is 10.7. The fraction of sp³-hybridized carbons (Fsp3) is 0.778. The molecular weight excluding hydrogens is 334 g/mol. The molecule has 2 rings (SSSR count). The molecule has 0 aromatic heterocycles. The van der Waals surface area contributed by atoms with Crippen molar-refractivity contribution in [3.63, 3.8) is 0 Å². The average molecular weight is 368 g/mol. The molecule has 2 saturated heterocycles. The fourth-order valence-corrected chi connectivity index (χ4v) is 3.99. The summed E-state index contributed by atoms with van der Waals surface area (Å²) in [5.74, 6) is 3.30. The summed E-state index contributed by atoms with van der Waals surface area (Å²) in [5, 5.41) is 3.44. The Morgan fingerprint density at radius 1 is 1.20 bits per heavy atom. The number of nitrogens with zero attached hydrogens (tertiary/aromatic N) is 4. The number of amides is 1. The van der Waals surface area contributed by atoms with E-state index in [0.29, 0.717) is 5.91 Å². The van der Waals surface area contributed by atoms with Gasteiger partial charge in [0.1, 0.15) is 0 Å². The van der Waals surface area contributed by atoms with E-state index in [-0.39, 0.29) is 6.04 Å². The predicted molar refractivity (Wildman–Crippen MR) is 107 cm³/mol. The first-order valence-electron chi connectivity index (χ1n) is 9.34. The first-order valence-corrected chi connectivity index (χ1v) is 10.5. The number of carbonyl (C=O) groups excluding carboxylic acids is 1. The summed E-state index contributed by atoms with van der Waals surface area (Å²) in [6, 6.07) is -0.00877. The van der Waals surface area contributed by atoms with E-state index >= 15 is 0 Å². The van der Waals surface area contributed by atoms with Gasteiger partial charge in [-0.15, -0.1) is 6.58 Å².